The maximum atomic E-state index is 10.1. The van der Waals surface area contributed by atoms with Crippen LogP contribution in [0.4, 0.5) is 4.79 Å². The number of nitrogens with one attached hydrogen (secondary N) is 1. The Balaban J connectivity index is 2.60. The highest BCUT2D eigenvalue weighted by Gasteiger charge is 2.24. The lowest BCUT2D eigenvalue weighted by atomic mass is 10.6. The Morgan fingerprint density at radius 1 is 1.89 bits per heavy atom. The van der Waals surface area contributed by atoms with Crippen molar-refractivity contribution in [2.45, 2.75) is 6.17 Å². The molecule has 1 aliphatic heterocycles. The molecule has 6 nitrogen and oxygen atoms in total. The Morgan fingerprint density at radius 2 is 2.56 bits per heavy atom. The van der Waals surface area contributed by atoms with Crippen molar-refractivity contribution >= 4 is 12.2 Å². The third-order valence-corrected chi connectivity index (χ3v) is 0.831. The van der Waals surface area contributed by atoms with Gasteiger partial charge in [-0.25, -0.2) is 4.79 Å². The lowest BCUT2D eigenvalue weighted by Crippen LogP contribution is -2.34. The number of hydrogen-bond acceptors (Lipinski definition) is 3. The molecule has 6 heteroatoms. The molecular weight excluding hydrogens is 126 g/mol. The van der Waals surface area contributed by atoms with Gasteiger partial charge in [-0.2, -0.15) is 4.99 Å². The van der Waals surface area contributed by atoms with Crippen LogP contribution in [-0.2, 0) is 0 Å². The number of carbonyl (C=O) groups excluding carboxylic acids is 1. The van der Waals surface area contributed by atoms with Gasteiger partial charge in [0, 0.05) is 0 Å². The number of aliphatic imine (C=N–C) groups is 1. The van der Waals surface area contributed by atoms with E-state index in [1.807, 2.05) is 5.32 Å². The minimum atomic E-state index is -1.13. The van der Waals surface area contributed by atoms with Crippen LogP contribution in [0.15, 0.2) is 4.99 Å². The topological polar surface area (TPSA) is 84.6 Å². The molecule has 0 aromatic rings. The first-order valence-corrected chi connectivity index (χ1v) is 2.18. The van der Waals surface area contributed by atoms with Crippen molar-refractivity contribution < 1.29 is 9.72 Å². The zero-order chi connectivity index (χ0) is 6.85. The van der Waals surface area contributed by atoms with Crippen LogP contribution < -0.4 is 5.32 Å². The largest absolute Gasteiger partial charge is 0.346 e. The van der Waals surface area contributed by atoms with Crippen molar-refractivity contribution in [1.29, 1.82) is 0 Å². The number of amides is 2. The molecule has 2 amide bonds. The van der Waals surface area contributed by atoms with E-state index in [0.717, 1.165) is 6.21 Å². The Kier molecular flexibility index (Phi) is 1.14. The highest BCUT2D eigenvalue weighted by Crippen LogP contribution is 1.90. The van der Waals surface area contributed by atoms with Gasteiger partial charge in [0.25, 0.3) is 0 Å². The Bertz CT molecular complexity index is 187. The number of nitrogens with zero attached hydrogens (tertiary/aromatic N) is 2. The number of urea groups is 1. The number of nitro groups is 1. The van der Waals surface area contributed by atoms with E-state index in [2.05, 4.69) is 4.99 Å². The van der Waals surface area contributed by atoms with Crippen LogP contribution in [0.1, 0.15) is 0 Å². The number of rotatable bonds is 1. The molecule has 0 radical (unpaired) electrons. The van der Waals surface area contributed by atoms with Crippen molar-refractivity contribution in [3.8, 4) is 0 Å². The van der Waals surface area contributed by atoms with E-state index in [4.69, 9.17) is 0 Å². The Morgan fingerprint density at radius 3 is 2.78 bits per heavy atom. The van der Waals surface area contributed by atoms with E-state index < -0.39 is 17.1 Å². The zero-order valence-corrected chi connectivity index (χ0v) is 4.27. The monoisotopic (exact) mass is 129 g/mol. The third-order valence-electron chi connectivity index (χ3n) is 0.831. The molecule has 0 spiro atoms. The van der Waals surface area contributed by atoms with Crippen LogP contribution in [-0.4, -0.2) is 23.3 Å². The molecule has 1 unspecified atom stereocenters. The summed E-state index contributed by atoms with van der Waals surface area (Å²) in [6.45, 7) is 0. The highest BCUT2D eigenvalue weighted by atomic mass is 16.6. The van der Waals surface area contributed by atoms with Gasteiger partial charge in [-0.15, -0.1) is 0 Å². The van der Waals surface area contributed by atoms with E-state index in [9.17, 15) is 14.9 Å². The van der Waals surface area contributed by atoms with E-state index in [1.165, 1.54) is 0 Å². The smallest absolute Gasteiger partial charge is 0.269 e. The molecule has 0 aromatic carbocycles. The summed E-state index contributed by atoms with van der Waals surface area (Å²) >= 11 is 0. The molecule has 1 atom stereocenters. The predicted molar refractivity (Wildman–Crippen MR) is 27.8 cm³/mol. The number of hydrogen-bond donors (Lipinski definition) is 1. The average Bonchev–Trinajstić information content (AvgIpc) is 2.14. The van der Waals surface area contributed by atoms with Gasteiger partial charge in [-0.3, -0.25) is 15.4 Å². The molecular formula is C3H3N3O3. The molecule has 0 fully saturated rings. The minimum Gasteiger partial charge on any atom is -0.269 e. The van der Waals surface area contributed by atoms with Crippen molar-refractivity contribution in [1.82, 2.24) is 5.32 Å². The molecule has 0 saturated heterocycles. The fraction of sp³-hybridized carbons (Fsp3) is 0.333. The molecule has 1 aliphatic rings. The average molecular weight is 129 g/mol. The first-order chi connectivity index (χ1) is 4.20. The summed E-state index contributed by atoms with van der Waals surface area (Å²) in [6.07, 6.45) is -0.167. The lowest BCUT2D eigenvalue weighted by molar-refractivity contribution is -0.504. The predicted octanol–water partition coefficient (Wildman–Crippen LogP) is -0.617. The zero-order valence-electron chi connectivity index (χ0n) is 4.27. The lowest BCUT2D eigenvalue weighted by Gasteiger charge is -1.94. The van der Waals surface area contributed by atoms with Gasteiger partial charge in [0.2, 0.25) is 0 Å². The van der Waals surface area contributed by atoms with Gasteiger partial charge in [0.05, 0.1) is 4.92 Å². The molecule has 1 heterocycles. The fourth-order valence-corrected chi connectivity index (χ4v) is 0.446. The summed E-state index contributed by atoms with van der Waals surface area (Å²) in [5, 5.41) is 11.8. The van der Waals surface area contributed by atoms with Gasteiger partial charge in [-0.05, 0) is 0 Å². The van der Waals surface area contributed by atoms with Gasteiger partial charge in [0.1, 0.15) is 6.21 Å². The molecule has 0 saturated carbocycles. The summed E-state index contributed by atoms with van der Waals surface area (Å²) in [7, 11) is 0. The summed E-state index contributed by atoms with van der Waals surface area (Å²) in [6, 6.07) is -0.656. The third kappa shape index (κ3) is 1.01. The molecule has 48 valence electrons. The van der Waals surface area contributed by atoms with E-state index in [1.54, 1.807) is 0 Å². The normalized spacial score (nSPS) is 24.0. The van der Waals surface area contributed by atoms with Crippen molar-refractivity contribution in [2.24, 2.45) is 4.99 Å². The van der Waals surface area contributed by atoms with Crippen LogP contribution in [0, 0.1) is 10.1 Å². The molecule has 1 rings (SSSR count). The molecule has 0 aromatic heterocycles. The standard InChI is InChI=1S/C3H3N3O3/c7-3-4-1-2(5-3)6(8)9/h1-2H,(H,5,7). The summed E-state index contributed by atoms with van der Waals surface area (Å²) in [5.41, 5.74) is 0. The van der Waals surface area contributed by atoms with Crippen molar-refractivity contribution in [3.63, 3.8) is 0 Å². The Labute approximate surface area is 49.7 Å². The summed E-state index contributed by atoms with van der Waals surface area (Å²) < 4.78 is 0. The quantitative estimate of drug-likeness (QED) is 0.378. The minimum absolute atomic E-state index is 0.631. The van der Waals surface area contributed by atoms with Gasteiger partial charge < -0.3 is 0 Å². The van der Waals surface area contributed by atoms with Gasteiger partial charge >= 0.3 is 12.2 Å². The van der Waals surface area contributed by atoms with Crippen LogP contribution in [0.2, 0.25) is 0 Å². The van der Waals surface area contributed by atoms with E-state index in [-0.39, 0.29) is 0 Å². The molecule has 0 aliphatic carbocycles. The van der Waals surface area contributed by atoms with Crippen LogP contribution in [0.25, 0.3) is 0 Å². The SMILES string of the molecule is O=C1N=CC([N+](=O)[O-])N1. The maximum Gasteiger partial charge on any atom is 0.346 e. The second-order valence-electron chi connectivity index (χ2n) is 1.46. The molecule has 1 N–H and O–H groups in total. The van der Waals surface area contributed by atoms with Gasteiger partial charge in [0.15, 0.2) is 0 Å². The van der Waals surface area contributed by atoms with E-state index in [0.29, 0.717) is 0 Å². The summed E-state index contributed by atoms with van der Waals surface area (Å²) in [5.74, 6) is 0. The van der Waals surface area contributed by atoms with Crippen LogP contribution in [0.3, 0.4) is 0 Å². The molecule has 0 bridgehead atoms. The number of carbonyl (C=O) groups is 1. The van der Waals surface area contributed by atoms with Crippen molar-refractivity contribution in [2.75, 3.05) is 0 Å². The summed E-state index contributed by atoms with van der Waals surface area (Å²) in [4.78, 5) is 22.5. The first-order valence-electron chi connectivity index (χ1n) is 2.18. The fourth-order valence-electron chi connectivity index (χ4n) is 0.446. The highest BCUT2D eigenvalue weighted by molar-refractivity contribution is 5.91. The van der Waals surface area contributed by atoms with Crippen LogP contribution in [0.5, 0.6) is 0 Å². The van der Waals surface area contributed by atoms with Gasteiger partial charge in [-0.1, -0.05) is 0 Å². The van der Waals surface area contributed by atoms with Crippen LogP contribution >= 0.6 is 0 Å². The van der Waals surface area contributed by atoms with E-state index >= 15 is 0 Å². The maximum absolute atomic E-state index is 10.1. The van der Waals surface area contributed by atoms with Crippen molar-refractivity contribution in [3.05, 3.63) is 10.1 Å². The first kappa shape index (κ1) is 5.67. The Hall–Kier alpha value is -1.46. The second kappa shape index (κ2) is 1.81. The second-order valence-corrected chi connectivity index (χ2v) is 1.46. The molecule has 9 heavy (non-hydrogen) atoms.